The standard InChI is InChI=1S/C17H25NO2/c1-2-13-3-5-14(6-4-13)11-17(20)18-16-9-7-15(12-19)8-10-16/h3-6,15-16,19H,2,7-12H2,1H3,(H,18,20). The molecule has 2 rings (SSSR count). The molecule has 0 spiro atoms. The number of aliphatic hydroxyl groups is 1. The lowest BCUT2D eigenvalue weighted by Gasteiger charge is -2.28. The maximum atomic E-state index is 12.0. The number of aryl methyl sites for hydroxylation is 1. The van der Waals surface area contributed by atoms with E-state index in [4.69, 9.17) is 5.11 Å². The van der Waals surface area contributed by atoms with Crippen molar-refractivity contribution in [3.63, 3.8) is 0 Å². The van der Waals surface area contributed by atoms with Crippen molar-refractivity contribution in [1.82, 2.24) is 5.32 Å². The molecule has 110 valence electrons. The summed E-state index contributed by atoms with van der Waals surface area (Å²) in [6, 6.07) is 8.56. The van der Waals surface area contributed by atoms with Gasteiger partial charge in [-0.05, 0) is 49.1 Å². The van der Waals surface area contributed by atoms with Gasteiger partial charge in [0.2, 0.25) is 5.91 Å². The van der Waals surface area contributed by atoms with E-state index in [9.17, 15) is 4.79 Å². The zero-order valence-electron chi connectivity index (χ0n) is 12.3. The van der Waals surface area contributed by atoms with E-state index in [0.29, 0.717) is 18.4 Å². The van der Waals surface area contributed by atoms with E-state index in [1.165, 1.54) is 5.56 Å². The van der Waals surface area contributed by atoms with Gasteiger partial charge in [-0.1, -0.05) is 31.2 Å². The van der Waals surface area contributed by atoms with E-state index in [1.54, 1.807) is 0 Å². The third kappa shape index (κ3) is 4.34. The summed E-state index contributed by atoms with van der Waals surface area (Å²) in [5.41, 5.74) is 2.38. The average Bonchev–Trinajstić information content (AvgIpc) is 2.49. The second-order valence-electron chi connectivity index (χ2n) is 5.81. The quantitative estimate of drug-likeness (QED) is 0.867. The first-order chi connectivity index (χ1) is 9.71. The highest BCUT2D eigenvalue weighted by molar-refractivity contribution is 5.78. The first kappa shape index (κ1) is 15.0. The molecule has 1 aliphatic rings. The molecule has 0 bridgehead atoms. The summed E-state index contributed by atoms with van der Waals surface area (Å²) in [5.74, 6) is 0.548. The molecule has 1 fully saturated rings. The van der Waals surface area contributed by atoms with Crippen LogP contribution in [0.5, 0.6) is 0 Å². The lowest BCUT2D eigenvalue weighted by Crippen LogP contribution is -2.38. The fourth-order valence-electron chi connectivity index (χ4n) is 2.85. The molecule has 20 heavy (non-hydrogen) atoms. The topological polar surface area (TPSA) is 49.3 Å². The number of rotatable bonds is 5. The number of carbonyl (C=O) groups excluding carboxylic acids is 1. The van der Waals surface area contributed by atoms with Crippen LogP contribution in [-0.4, -0.2) is 23.7 Å². The lowest BCUT2D eigenvalue weighted by molar-refractivity contribution is -0.121. The van der Waals surface area contributed by atoms with Gasteiger partial charge in [-0.2, -0.15) is 0 Å². The Bertz CT molecular complexity index is 419. The molecule has 2 N–H and O–H groups in total. The first-order valence-electron chi connectivity index (χ1n) is 7.69. The molecule has 0 heterocycles. The molecule has 0 unspecified atom stereocenters. The Labute approximate surface area is 121 Å². The van der Waals surface area contributed by atoms with Gasteiger partial charge in [0, 0.05) is 12.6 Å². The van der Waals surface area contributed by atoms with E-state index in [0.717, 1.165) is 37.7 Å². The Morgan fingerprint density at radius 1 is 1.15 bits per heavy atom. The Balaban J connectivity index is 1.77. The fourth-order valence-corrected chi connectivity index (χ4v) is 2.85. The van der Waals surface area contributed by atoms with Gasteiger partial charge >= 0.3 is 0 Å². The van der Waals surface area contributed by atoms with Gasteiger partial charge in [-0.15, -0.1) is 0 Å². The number of amides is 1. The van der Waals surface area contributed by atoms with Crippen molar-refractivity contribution in [2.75, 3.05) is 6.61 Å². The number of benzene rings is 1. The molecule has 3 heteroatoms. The molecule has 0 atom stereocenters. The van der Waals surface area contributed by atoms with Crippen molar-refractivity contribution in [3.8, 4) is 0 Å². The minimum Gasteiger partial charge on any atom is -0.396 e. The van der Waals surface area contributed by atoms with Crippen LogP contribution in [0.3, 0.4) is 0 Å². The highest BCUT2D eigenvalue weighted by Gasteiger charge is 2.21. The summed E-state index contributed by atoms with van der Waals surface area (Å²) in [5, 5.41) is 12.2. The van der Waals surface area contributed by atoms with Crippen molar-refractivity contribution in [3.05, 3.63) is 35.4 Å². The zero-order chi connectivity index (χ0) is 14.4. The molecule has 0 aliphatic heterocycles. The predicted molar refractivity (Wildman–Crippen MR) is 80.5 cm³/mol. The summed E-state index contributed by atoms with van der Waals surface area (Å²) < 4.78 is 0. The normalized spacial score (nSPS) is 22.5. The molecule has 1 aromatic carbocycles. The first-order valence-corrected chi connectivity index (χ1v) is 7.69. The Morgan fingerprint density at radius 2 is 1.75 bits per heavy atom. The van der Waals surface area contributed by atoms with Gasteiger partial charge in [-0.25, -0.2) is 0 Å². The van der Waals surface area contributed by atoms with E-state index in [-0.39, 0.29) is 12.5 Å². The minimum absolute atomic E-state index is 0.113. The van der Waals surface area contributed by atoms with E-state index >= 15 is 0 Å². The zero-order valence-corrected chi connectivity index (χ0v) is 12.3. The predicted octanol–water partition coefficient (Wildman–Crippen LogP) is 2.46. The summed E-state index contributed by atoms with van der Waals surface area (Å²) in [7, 11) is 0. The van der Waals surface area contributed by atoms with E-state index in [2.05, 4.69) is 24.4 Å². The SMILES string of the molecule is CCc1ccc(CC(=O)NC2CCC(CO)CC2)cc1. The summed E-state index contributed by atoms with van der Waals surface area (Å²) in [6.45, 7) is 2.41. The van der Waals surface area contributed by atoms with Crippen LogP contribution in [0.1, 0.15) is 43.7 Å². The van der Waals surface area contributed by atoms with Crippen molar-refractivity contribution in [2.45, 2.75) is 51.5 Å². The van der Waals surface area contributed by atoms with Crippen LogP contribution < -0.4 is 5.32 Å². The van der Waals surface area contributed by atoms with Crippen LogP contribution in [0, 0.1) is 5.92 Å². The highest BCUT2D eigenvalue weighted by Crippen LogP contribution is 2.23. The minimum atomic E-state index is 0.113. The average molecular weight is 275 g/mol. The van der Waals surface area contributed by atoms with E-state index < -0.39 is 0 Å². The lowest BCUT2D eigenvalue weighted by atomic mass is 9.86. The Hall–Kier alpha value is -1.35. The van der Waals surface area contributed by atoms with Gasteiger partial charge in [-0.3, -0.25) is 4.79 Å². The molecule has 1 amide bonds. The second kappa shape index (κ2) is 7.44. The summed E-state index contributed by atoms with van der Waals surface area (Å²) in [4.78, 5) is 12.0. The molecule has 1 aliphatic carbocycles. The van der Waals surface area contributed by atoms with Crippen LogP contribution in [0.15, 0.2) is 24.3 Å². The van der Waals surface area contributed by atoms with Gasteiger partial charge in [0.05, 0.1) is 6.42 Å². The van der Waals surface area contributed by atoms with E-state index in [1.807, 2.05) is 12.1 Å². The van der Waals surface area contributed by atoms with Crippen molar-refractivity contribution < 1.29 is 9.90 Å². The maximum Gasteiger partial charge on any atom is 0.224 e. The summed E-state index contributed by atoms with van der Waals surface area (Å²) >= 11 is 0. The molecule has 1 saturated carbocycles. The molecule has 0 saturated heterocycles. The molecular formula is C17H25NO2. The van der Waals surface area contributed by atoms with Gasteiger partial charge in [0.25, 0.3) is 0 Å². The number of hydrogen-bond donors (Lipinski definition) is 2. The van der Waals surface area contributed by atoms with Gasteiger partial charge in [0.15, 0.2) is 0 Å². The maximum absolute atomic E-state index is 12.0. The molecule has 3 nitrogen and oxygen atoms in total. The number of nitrogens with one attached hydrogen (secondary N) is 1. The van der Waals surface area contributed by atoms with Crippen LogP contribution in [0.4, 0.5) is 0 Å². The Morgan fingerprint density at radius 3 is 2.30 bits per heavy atom. The molecule has 0 radical (unpaired) electrons. The number of hydrogen-bond acceptors (Lipinski definition) is 2. The fraction of sp³-hybridized carbons (Fsp3) is 0.588. The van der Waals surface area contributed by atoms with Crippen molar-refractivity contribution in [1.29, 1.82) is 0 Å². The van der Waals surface area contributed by atoms with Crippen molar-refractivity contribution >= 4 is 5.91 Å². The van der Waals surface area contributed by atoms with Crippen LogP contribution >= 0.6 is 0 Å². The van der Waals surface area contributed by atoms with Gasteiger partial charge in [0.1, 0.15) is 0 Å². The smallest absolute Gasteiger partial charge is 0.224 e. The molecule has 0 aromatic heterocycles. The third-order valence-electron chi connectivity index (χ3n) is 4.27. The van der Waals surface area contributed by atoms with Crippen LogP contribution in [0.25, 0.3) is 0 Å². The third-order valence-corrected chi connectivity index (χ3v) is 4.27. The summed E-state index contributed by atoms with van der Waals surface area (Å²) in [6.07, 6.45) is 5.52. The Kier molecular flexibility index (Phi) is 5.60. The second-order valence-corrected chi connectivity index (χ2v) is 5.81. The largest absolute Gasteiger partial charge is 0.396 e. The van der Waals surface area contributed by atoms with Crippen LogP contribution in [0.2, 0.25) is 0 Å². The highest BCUT2D eigenvalue weighted by atomic mass is 16.3. The van der Waals surface area contributed by atoms with Crippen molar-refractivity contribution in [2.24, 2.45) is 5.92 Å². The monoisotopic (exact) mass is 275 g/mol. The molecule has 1 aromatic rings. The number of aliphatic hydroxyl groups excluding tert-OH is 1. The van der Waals surface area contributed by atoms with Gasteiger partial charge < -0.3 is 10.4 Å². The van der Waals surface area contributed by atoms with Crippen LogP contribution in [-0.2, 0) is 17.6 Å². The number of carbonyl (C=O) groups is 1. The molecular weight excluding hydrogens is 250 g/mol.